The SMILES string of the molecule is C=CCCCCCCCC[C]1CC1. The van der Waals surface area contributed by atoms with Crippen LogP contribution < -0.4 is 0 Å². The van der Waals surface area contributed by atoms with Crippen molar-refractivity contribution in [2.24, 2.45) is 0 Å². The highest BCUT2D eigenvalue weighted by molar-refractivity contribution is 5.04. The Bertz CT molecular complexity index is 122. The van der Waals surface area contributed by atoms with Gasteiger partial charge in [-0.25, -0.2) is 0 Å². The van der Waals surface area contributed by atoms with Gasteiger partial charge in [0.15, 0.2) is 0 Å². The number of unbranched alkanes of at least 4 members (excludes halogenated alkanes) is 6. The quantitative estimate of drug-likeness (QED) is 0.356. The third kappa shape index (κ3) is 6.86. The van der Waals surface area contributed by atoms with Gasteiger partial charge in [-0.15, -0.1) is 6.58 Å². The molecule has 0 aromatic heterocycles. The van der Waals surface area contributed by atoms with Crippen molar-refractivity contribution >= 4 is 0 Å². The van der Waals surface area contributed by atoms with Crippen LogP contribution in [0.15, 0.2) is 12.7 Å². The molecule has 0 N–H and O–H groups in total. The molecule has 0 bridgehead atoms. The summed E-state index contributed by atoms with van der Waals surface area (Å²) in [5.74, 6) is 1.83. The van der Waals surface area contributed by atoms with Crippen molar-refractivity contribution in [3.05, 3.63) is 18.6 Å². The number of hydrogen-bond donors (Lipinski definition) is 0. The van der Waals surface area contributed by atoms with Gasteiger partial charge in [0.1, 0.15) is 0 Å². The zero-order valence-electron chi connectivity index (χ0n) is 8.86. The van der Waals surface area contributed by atoms with Crippen LogP contribution in [-0.4, -0.2) is 0 Å². The Morgan fingerprint density at radius 2 is 1.54 bits per heavy atom. The number of rotatable bonds is 9. The molecule has 1 saturated carbocycles. The van der Waals surface area contributed by atoms with Crippen LogP contribution in [0.3, 0.4) is 0 Å². The smallest absolute Gasteiger partial charge is 0.0241 e. The van der Waals surface area contributed by atoms with Gasteiger partial charge in [0.2, 0.25) is 0 Å². The molecule has 0 atom stereocenters. The maximum atomic E-state index is 3.73. The largest absolute Gasteiger partial charge is 0.103 e. The first-order valence-electron chi connectivity index (χ1n) is 5.88. The molecule has 0 aliphatic heterocycles. The van der Waals surface area contributed by atoms with E-state index in [4.69, 9.17) is 0 Å². The molecule has 75 valence electrons. The lowest BCUT2D eigenvalue weighted by Gasteiger charge is -1.99. The molecule has 0 unspecified atom stereocenters. The molecule has 0 nitrogen and oxygen atoms in total. The Morgan fingerprint density at radius 1 is 0.923 bits per heavy atom. The molecular formula is C13H23. The fraction of sp³-hybridized carbons (Fsp3) is 0.769. The summed E-state index contributed by atoms with van der Waals surface area (Å²) in [7, 11) is 0. The van der Waals surface area contributed by atoms with Gasteiger partial charge in [0, 0.05) is 0 Å². The monoisotopic (exact) mass is 179 g/mol. The number of hydrogen-bond acceptors (Lipinski definition) is 0. The first-order valence-corrected chi connectivity index (χ1v) is 5.88. The van der Waals surface area contributed by atoms with E-state index in [1.165, 1.54) is 64.2 Å². The Labute approximate surface area is 83.4 Å². The lowest BCUT2D eigenvalue weighted by molar-refractivity contribution is 0.593. The van der Waals surface area contributed by atoms with E-state index in [1.54, 1.807) is 0 Å². The Hall–Kier alpha value is -0.260. The molecule has 0 heterocycles. The van der Waals surface area contributed by atoms with Gasteiger partial charge in [-0.2, -0.15) is 0 Å². The van der Waals surface area contributed by atoms with Gasteiger partial charge in [0.05, 0.1) is 0 Å². The van der Waals surface area contributed by atoms with Crippen LogP contribution in [0.4, 0.5) is 0 Å². The topological polar surface area (TPSA) is 0 Å². The average Bonchev–Trinajstić information content (AvgIpc) is 2.93. The van der Waals surface area contributed by atoms with Crippen LogP contribution in [0.5, 0.6) is 0 Å². The summed E-state index contributed by atoms with van der Waals surface area (Å²) < 4.78 is 0. The van der Waals surface area contributed by atoms with Gasteiger partial charge in [-0.3, -0.25) is 0 Å². The predicted molar refractivity (Wildman–Crippen MR) is 59.6 cm³/mol. The zero-order chi connectivity index (χ0) is 9.36. The molecular weight excluding hydrogens is 156 g/mol. The van der Waals surface area contributed by atoms with Crippen LogP contribution in [0.25, 0.3) is 0 Å². The summed E-state index contributed by atoms with van der Waals surface area (Å²) in [5, 5.41) is 0. The third-order valence-corrected chi connectivity index (χ3v) is 2.79. The first kappa shape index (κ1) is 10.8. The maximum absolute atomic E-state index is 3.73. The van der Waals surface area contributed by atoms with E-state index in [1.807, 2.05) is 12.0 Å². The molecule has 13 heavy (non-hydrogen) atoms. The normalized spacial score (nSPS) is 16.0. The van der Waals surface area contributed by atoms with Crippen molar-refractivity contribution in [3.8, 4) is 0 Å². The van der Waals surface area contributed by atoms with Crippen LogP contribution >= 0.6 is 0 Å². The zero-order valence-corrected chi connectivity index (χ0v) is 8.86. The van der Waals surface area contributed by atoms with E-state index in [0.29, 0.717) is 0 Å². The molecule has 1 rings (SSSR count). The summed E-state index contributed by atoms with van der Waals surface area (Å²) in [5.41, 5.74) is 0. The minimum absolute atomic E-state index is 1.21. The van der Waals surface area contributed by atoms with Crippen molar-refractivity contribution < 1.29 is 0 Å². The molecule has 0 spiro atoms. The van der Waals surface area contributed by atoms with E-state index < -0.39 is 0 Å². The van der Waals surface area contributed by atoms with Gasteiger partial charge in [-0.1, -0.05) is 38.2 Å². The van der Waals surface area contributed by atoms with Gasteiger partial charge in [0.25, 0.3) is 0 Å². The third-order valence-electron chi connectivity index (χ3n) is 2.79. The molecule has 0 amide bonds. The molecule has 0 saturated heterocycles. The van der Waals surface area contributed by atoms with Crippen molar-refractivity contribution in [1.82, 2.24) is 0 Å². The van der Waals surface area contributed by atoms with Crippen molar-refractivity contribution in [2.45, 2.75) is 64.2 Å². The molecule has 1 radical (unpaired) electrons. The van der Waals surface area contributed by atoms with E-state index in [-0.39, 0.29) is 0 Å². The van der Waals surface area contributed by atoms with Crippen LogP contribution in [0.1, 0.15) is 64.2 Å². The Balaban J connectivity index is 1.65. The van der Waals surface area contributed by atoms with Crippen LogP contribution in [0, 0.1) is 5.92 Å². The first-order chi connectivity index (χ1) is 6.43. The molecule has 1 fully saturated rings. The second kappa shape index (κ2) is 7.17. The van der Waals surface area contributed by atoms with Crippen molar-refractivity contribution in [1.29, 1.82) is 0 Å². The fourth-order valence-electron chi connectivity index (χ4n) is 1.71. The Morgan fingerprint density at radius 3 is 2.15 bits per heavy atom. The lowest BCUT2D eigenvalue weighted by Crippen LogP contribution is -1.80. The van der Waals surface area contributed by atoms with E-state index in [9.17, 15) is 0 Å². The minimum Gasteiger partial charge on any atom is -0.103 e. The fourth-order valence-corrected chi connectivity index (χ4v) is 1.71. The molecule has 0 aromatic rings. The van der Waals surface area contributed by atoms with Crippen LogP contribution in [0.2, 0.25) is 0 Å². The lowest BCUT2D eigenvalue weighted by atomic mass is 10.1. The summed E-state index contributed by atoms with van der Waals surface area (Å²) in [6.07, 6.45) is 16.1. The molecule has 0 aromatic carbocycles. The second-order valence-corrected chi connectivity index (χ2v) is 4.20. The highest BCUT2D eigenvalue weighted by Crippen LogP contribution is 2.36. The molecule has 0 heteroatoms. The summed E-state index contributed by atoms with van der Waals surface area (Å²) in [6.45, 7) is 3.73. The standard InChI is InChI=1S/C13H23/c1-2-3-4-5-6-7-8-9-10-13-11-12-13/h2H,1,3-12H2. The average molecular weight is 179 g/mol. The van der Waals surface area contributed by atoms with E-state index >= 15 is 0 Å². The second-order valence-electron chi connectivity index (χ2n) is 4.20. The summed E-state index contributed by atoms with van der Waals surface area (Å²) >= 11 is 0. The van der Waals surface area contributed by atoms with Crippen molar-refractivity contribution in [3.63, 3.8) is 0 Å². The summed E-state index contributed by atoms with van der Waals surface area (Å²) in [4.78, 5) is 0. The van der Waals surface area contributed by atoms with Gasteiger partial charge in [-0.05, 0) is 38.0 Å². The van der Waals surface area contributed by atoms with Gasteiger partial charge >= 0.3 is 0 Å². The maximum Gasteiger partial charge on any atom is -0.0241 e. The van der Waals surface area contributed by atoms with Crippen LogP contribution in [-0.2, 0) is 0 Å². The van der Waals surface area contributed by atoms with E-state index in [2.05, 4.69) is 6.58 Å². The molecule has 1 aliphatic rings. The highest BCUT2D eigenvalue weighted by Gasteiger charge is 2.20. The Kier molecular flexibility index (Phi) is 5.97. The highest BCUT2D eigenvalue weighted by atomic mass is 14.2. The van der Waals surface area contributed by atoms with Gasteiger partial charge < -0.3 is 0 Å². The number of allylic oxidation sites excluding steroid dienone is 1. The summed E-state index contributed by atoms with van der Waals surface area (Å²) in [6, 6.07) is 0. The van der Waals surface area contributed by atoms with E-state index in [0.717, 1.165) is 0 Å². The van der Waals surface area contributed by atoms with Crippen molar-refractivity contribution in [2.75, 3.05) is 0 Å². The minimum atomic E-state index is 1.21. The molecule has 1 aliphatic carbocycles. The predicted octanol–water partition coefficient (Wildman–Crippen LogP) is 4.66.